The molecule has 0 bridgehead atoms. The molecule has 2 unspecified atom stereocenters. The number of benzene rings is 1. The summed E-state index contributed by atoms with van der Waals surface area (Å²) >= 11 is 5.91. The van der Waals surface area contributed by atoms with Crippen molar-refractivity contribution in [2.75, 3.05) is 26.7 Å². The lowest BCUT2D eigenvalue weighted by Gasteiger charge is -2.31. The van der Waals surface area contributed by atoms with Gasteiger partial charge >= 0.3 is 0 Å². The van der Waals surface area contributed by atoms with Gasteiger partial charge in [-0.25, -0.2) is 4.39 Å². The Morgan fingerprint density at radius 1 is 1.59 bits per heavy atom. The fourth-order valence-corrected chi connectivity index (χ4v) is 2.27. The van der Waals surface area contributed by atoms with Gasteiger partial charge in [0.05, 0.1) is 18.8 Å². The first kappa shape index (κ1) is 12.8. The molecule has 2 N–H and O–H groups in total. The first-order chi connectivity index (χ1) is 8.22. The van der Waals surface area contributed by atoms with E-state index in [1.165, 1.54) is 6.07 Å². The minimum atomic E-state index is -0.261. The Kier molecular flexibility index (Phi) is 4.34. The van der Waals surface area contributed by atoms with Gasteiger partial charge in [-0.15, -0.1) is 0 Å². The van der Waals surface area contributed by atoms with Crippen molar-refractivity contribution in [3.05, 3.63) is 34.6 Å². The number of rotatable bonds is 3. The van der Waals surface area contributed by atoms with E-state index in [4.69, 9.17) is 16.3 Å². The molecule has 1 aliphatic heterocycles. The summed E-state index contributed by atoms with van der Waals surface area (Å²) < 4.78 is 19.4. The van der Waals surface area contributed by atoms with E-state index >= 15 is 0 Å². The summed E-state index contributed by atoms with van der Waals surface area (Å²) in [6.07, 6.45) is -0.0817. The summed E-state index contributed by atoms with van der Waals surface area (Å²) in [5.41, 5.74) is 0.550. The first-order valence-corrected chi connectivity index (χ1v) is 6.04. The molecule has 0 spiro atoms. The maximum absolute atomic E-state index is 13.8. The van der Waals surface area contributed by atoms with Gasteiger partial charge in [-0.3, -0.25) is 0 Å². The lowest BCUT2D eigenvalue weighted by molar-refractivity contribution is 0.00465. The molecule has 1 aromatic rings. The number of nitrogens with one attached hydrogen (secondary N) is 2. The van der Waals surface area contributed by atoms with Crippen LogP contribution in [0, 0.1) is 5.82 Å². The third-order valence-corrected chi connectivity index (χ3v) is 3.17. The van der Waals surface area contributed by atoms with Crippen molar-refractivity contribution in [1.82, 2.24) is 10.6 Å². The van der Waals surface area contributed by atoms with Gasteiger partial charge in [0.15, 0.2) is 0 Å². The molecule has 0 aromatic heterocycles. The van der Waals surface area contributed by atoms with Crippen molar-refractivity contribution in [3.8, 4) is 0 Å². The third-order valence-electron chi connectivity index (χ3n) is 2.93. The predicted octanol–water partition coefficient (Wildman–Crippen LogP) is 1.73. The maximum Gasteiger partial charge on any atom is 0.128 e. The molecule has 1 fully saturated rings. The Balaban J connectivity index is 2.24. The molecule has 17 heavy (non-hydrogen) atoms. The zero-order valence-electron chi connectivity index (χ0n) is 9.67. The highest BCUT2D eigenvalue weighted by Gasteiger charge is 2.26. The summed E-state index contributed by atoms with van der Waals surface area (Å²) in [6.45, 7) is 2.19. The molecule has 2 rings (SSSR count). The van der Waals surface area contributed by atoms with E-state index in [9.17, 15) is 4.39 Å². The van der Waals surface area contributed by atoms with Crippen LogP contribution >= 0.6 is 11.6 Å². The van der Waals surface area contributed by atoms with Gasteiger partial charge in [0, 0.05) is 23.7 Å². The number of likely N-dealkylation sites (N-methyl/N-ethyl adjacent to an activating group) is 1. The number of ether oxygens (including phenoxy) is 1. The predicted molar refractivity (Wildman–Crippen MR) is 65.8 cm³/mol. The number of hydrogen-bond acceptors (Lipinski definition) is 3. The van der Waals surface area contributed by atoms with E-state index in [0.29, 0.717) is 23.7 Å². The molecule has 0 saturated carbocycles. The van der Waals surface area contributed by atoms with E-state index < -0.39 is 0 Å². The van der Waals surface area contributed by atoms with Crippen LogP contribution in [0.4, 0.5) is 4.39 Å². The number of hydrogen-bond donors (Lipinski definition) is 2. The second-order valence-electron chi connectivity index (χ2n) is 4.05. The lowest BCUT2D eigenvalue weighted by Crippen LogP contribution is -2.45. The molecule has 0 radical (unpaired) electrons. The fraction of sp³-hybridized carbons (Fsp3) is 0.500. The van der Waals surface area contributed by atoms with Gasteiger partial charge in [-0.05, 0) is 25.2 Å². The molecular weight excluding hydrogens is 243 g/mol. The lowest BCUT2D eigenvalue weighted by atomic mass is 10.00. The van der Waals surface area contributed by atoms with Gasteiger partial charge in [0.2, 0.25) is 0 Å². The Hall–Kier alpha value is -0.680. The van der Waals surface area contributed by atoms with E-state index in [-0.39, 0.29) is 18.0 Å². The van der Waals surface area contributed by atoms with Crippen molar-refractivity contribution in [2.45, 2.75) is 12.1 Å². The summed E-state index contributed by atoms with van der Waals surface area (Å²) in [7, 11) is 1.79. The van der Waals surface area contributed by atoms with Gasteiger partial charge in [-0.2, -0.15) is 0 Å². The average molecular weight is 259 g/mol. The highest BCUT2D eigenvalue weighted by atomic mass is 35.5. The average Bonchev–Trinajstić information content (AvgIpc) is 2.36. The van der Waals surface area contributed by atoms with Crippen LogP contribution in [0.5, 0.6) is 0 Å². The van der Waals surface area contributed by atoms with E-state index in [1.807, 2.05) is 0 Å². The maximum atomic E-state index is 13.8. The molecule has 1 saturated heterocycles. The van der Waals surface area contributed by atoms with Crippen LogP contribution in [0.3, 0.4) is 0 Å². The monoisotopic (exact) mass is 258 g/mol. The van der Waals surface area contributed by atoms with E-state index in [2.05, 4.69) is 10.6 Å². The highest BCUT2D eigenvalue weighted by Crippen LogP contribution is 2.25. The normalized spacial score (nSPS) is 22.4. The quantitative estimate of drug-likeness (QED) is 0.866. The summed E-state index contributed by atoms with van der Waals surface area (Å²) in [5.74, 6) is -0.261. The highest BCUT2D eigenvalue weighted by molar-refractivity contribution is 6.30. The summed E-state index contributed by atoms with van der Waals surface area (Å²) in [5, 5.41) is 6.86. The topological polar surface area (TPSA) is 33.3 Å². The Bertz CT molecular complexity index is 383. The Morgan fingerprint density at radius 2 is 2.41 bits per heavy atom. The smallest absolute Gasteiger partial charge is 0.128 e. The molecule has 5 heteroatoms. The van der Waals surface area contributed by atoms with Crippen molar-refractivity contribution in [1.29, 1.82) is 0 Å². The van der Waals surface area contributed by atoms with Gasteiger partial charge < -0.3 is 15.4 Å². The largest absolute Gasteiger partial charge is 0.374 e. The molecule has 0 aliphatic carbocycles. The van der Waals surface area contributed by atoms with Crippen LogP contribution in [0.25, 0.3) is 0 Å². The summed E-state index contributed by atoms with van der Waals surface area (Å²) in [4.78, 5) is 0. The van der Waals surface area contributed by atoms with Crippen molar-refractivity contribution in [2.24, 2.45) is 0 Å². The zero-order chi connectivity index (χ0) is 12.3. The van der Waals surface area contributed by atoms with E-state index in [0.717, 1.165) is 6.54 Å². The molecular formula is C12H16ClFN2O. The number of morpholine rings is 1. The Labute approximate surface area is 105 Å². The van der Waals surface area contributed by atoms with Gasteiger partial charge in [0.25, 0.3) is 0 Å². The second kappa shape index (κ2) is 5.78. The van der Waals surface area contributed by atoms with Crippen LogP contribution < -0.4 is 10.6 Å². The van der Waals surface area contributed by atoms with Gasteiger partial charge in [-0.1, -0.05) is 11.6 Å². The van der Waals surface area contributed by atoms with Crippen LogP contribution in [0.1, 0.15) is 11.6 Å². The van der Waals surface area contributed by atoms with Crippen LogP contribution in [-0.4, -0.2) is 32.8 Å². The third kappa shape index (κ3) is 2.96. The SMILES string of the molecule is CNC(c1cc(Cl)ccc1F)C1CNCCO1. The van der Waals surface area contributed by atoms with Crippen molar-refractivity contribution >= 4 is 11.6 Å². The minimum absolute atomic E-state index is 0.0817. The molecule has 1 aliphatic rings. The van der Waals surface area contributed by atoms with Crippen molar-refractivity contribution < 1.29 is 9.13 Å². The van der Waals surface area contributed by atoms with Crippen LogP contribution in [0.2, 0.25) is 5.02 Å². The molecule has 1 aromatic carbocycles. The standard InChI is InChI=1S/C12H16ClFN2O/c1-15-12(11-7-16-4-5-17-11)9-6-8(13)2-3-10(9)14/h2-3,6,11-12,15-16H,4-5,7H2,1H3. The Morgan fingerprint density at radius 3 is 3.06 bits per heavy atom. The second-order valence-corrected chi connectivity index (χ2v) is 4.48. The first-order valence-electron chi connectivity index (χ1n) is 5.67. The zero-order valence-corrected chi connectivity index (χ0v) is 10.4. The van der Waals surface area contributed by atoms with Crippen LogP contribution in [-0.2, 0) is 4.74 Å². The molecule has 3 nitrogen and oxygen atoms in total. The molecule has 0 amide bonds. The molecule has 1 heterocycles. The summed E-state index contributed by atoms with van der Waals surface area (Å²) in [6, 6.07) is 4.39. The van der Waals surface area contributed by atoms with Crippen LogP contribution in [0.15, 0.2) is 18.2 Å². The fourth-order valence-electron chi connectivity index (χ4n) is 2.09. The number of halogens is 2. The molecule has 94 valence electrons. The van der Waals surface area contributed by atoms with E-state index in [1.54, 1.807) is 19.2 Å². The van der Waals surface area contributed by atoms with Crippen molar-refractivity contribution in [3.63, 3.8) is 0 Å². The van der Waals surface area contributed by atoms with Gasteiger partial charge in [0.1, 0.15) is 5.82 Å². The molecule has 2 atom stereocenters. The minimum Gasteiger partial charge on any atom is -0.374 e.